The Balaban J connectivity index is 2.11. The van der Waals surface area contributed by atoms with E-state index >= 15 is 0 Å². The molecule has 10 heteroatoms. The van der Waals surface area contributed by atoms with Gasteiger partial charge in [0.25, 0.3) is 0 Å². The van der Waals surface area contributed by atoms with Gasteiger partial charge >= 0.3 is 24.1 Å². The summed E-state index contributed by atoms with van der Waals surface area (Å²) in [5.41, 5.74) is 0.180. The van der Waals surface area contributed by atoms with Crippen LogP contribution < -0.4 is 4.90 Å². The third-order valence-electron chi connectivity index (χ3n) is 5.18. The molecule has 1 aliphatic heterocycles. The number of alkyl halides is 3. The molecular weight excluding hydrogens is 455 g/mol. The molecule has 2 aromatic carbocycles. The third-order valence-corrected chi connectivity index (χ3v) is 5.18. The number of hydrogen-bond acceptors (Lipinski definition) is 7. The standard InChI is InChI=1S/C24H20F3NO6/c1-32-21(29)15-6-10-17(11-7-15)28-12-18(22(30)33-2)20(19(13-28)23(31)34-3)14-4-8-16(9-5-14)24(25,26)27/h4-13,20H,1-3H3. The second kappa shape index (κ2) is 9.82. The smallest absolute Gasteiger partial charge is 0.416 e. The molecule has 2 aromatic rings. The molecule has 0 radical (unpaired) electrons. The molecule has 0 aromatic heterocycles. The summed E-state index contributed by atoms with van der Waals surface area (Å²) in [6.07, 6.45) is -1.72. The molecule has 34 heavy (non-hydrogen) atoms. The summed E-state index contributed by atoms with van der Waals surface area (Å²) in [5.74, 6) is -3.14. The summed E-state index contributed by atoms with van der Waals surface area (Å²) in [5, 5.41) is 0. The number of ether oxygens (including phenoxy) is 3. The van der Waals surface area contributed by atoms with Crippen molar-refractivity contribution >= 4 is 23.6 Å². The van der Waals surface area contributed by atoms with E-state index < -0.39 is 35.6 Å². The molecular formula is C24H20F3NO6. The normalized spacial score (nSPS) is 14.1. The minimum absolute atomic E-state index is 0.00204. The number of nitrogens with zero attached hydrogens (tertiary/aromatic N) is 1. The maximum absolute atomic E-state index is 13.0. The summed E-state index contributed by atoms with van der Waals surface area (Å²) in [7, 11) is 3.55. The first-order chi connectivity index (χ1) is 16.1. The van der Waals surface area contributed by atoms with Crippen molar-refractivity contribution in [1.29, 1.82) is 0 Å². The Morgan fingerprint density at radius 3 is 1.62 bits per heavy atom. The molecule has 1 aliphatic rings. The Bertz CT molecular complexity index is 1120. The number of anilines is 1. The lowest BCUT2D eigenvalue weighted by Crippen LogP contribution is -2.28. The molecule has 0 aliphatic carbocycles. The lowest BCUT2D eigenvalue weighted by Gasteiger charge is -2.30. The fourth-order valence-corrected chi connectivity index (χ4v) is 3.49. The third kappa shape index (κ3) is 4.95. The lowest BCUT2D eigenvalue weighted by molar-refractivity contribution is -0.138. The highest BCUT2D eigenvalue weighted by Gasteiger charge is 2.36. The van der Waals surface area contributed by atoms with Crippen LogP contribution in [0.3, 0.4) is 0 Å². The van der Waals surface area contributed by atoms with Gasteiger partial charge in [-0.25, -0.2) is 14.4 Å². The number of esters is 3. The van der Waals surface area contributed by atoms with Crippen molar-refractivity contribution in [1.82, 2.24) is 0 Å². The first kappa shape index (κ1) is 24.6. The van der Waals surface area contributed by atoms with Crippen LogP contribution in [0.15, 0.2) is 72.1 Å². The van der Waals surface area contributed by atoms with Crippen LogP contribution in [0, 0.1) is 0 Å². The second-order valence-electron chi connectivity index (χ2n) is 7.15. The van der Waals surface area contributed by atoms with Gasteiger partial charge in [-0.1, -0.05) is 12.1 Å². The Morgan fingerprint density at radius 2 is 1.21 bits per heavy atom. The minimum Gasteiger partial charge on any atom is -0.466 e. The summed E-state index contributed by atoms with van der Waals surface area (Å²) in [6.45, 7) is 0. The fourth-order valence-electron chi connectivity index (χ4n) is 3.49. The number of rotatable bonds is 5. The van der Waals surface area contributed by atoms with Crippen molar-refractivity contribution in [3.8, 4) is 0 Å². The highest BCUT2D eigenvalue weighted by Crippen LogP contribution is 2.39. The molecule has 0 N–H and O–H groups in total. The zero-order valence-corrected chi connectivity index (χ0v) is 18.4. The van der Waals surface area contributed by atoms with Crippen LogP contribution in [0.5, 0.6) is 0 Å². The monoisotopic (exact) mass is 475 g/mol. The number of benzene rings is 2. The molecule has 0 spiro atoms. The molecule has 0 fully saturated rings. The molecule has 0 amide bonds. The largest absolute Gasteiger partial charge is 0.466 e. The highest BCUT2D eigenvalue weighted by molar-refractivity contribution is 6.00. The number of hydrogen-bond donors (Lipinski definition) is 0. The quantitative estimate of drug-likeness (QED) is 0.473. The van der Waals surface area contributed by atoms with Gasteiger partial charge in [0.15, 0.2) is 0 Å². The Hall–Kier alpha value is -4.08. The molecule has 7 nitrogen and oxygen atoms in total. The van der Waals surface area contributed by atoms with E-state index in [4.69, 9.17) is 9.47 Å². The van der Waals surface area contributed by atoms with Crippen LogP contribution in [0.1, 0.15) is 27.4 Å². The maximum Gasteiger partial charge on any atom is 0.416 e. The summed E-state index contributed by atoms with van der Waals surface area (Å²) < 4.78 is 53.5. The zero-order valence-electron chi connectivity index (χ0n) is 18.4. The van der Waals surface area contributed by atoms with Crippen molar-refractivity contribution in [2.75, 3.05) is 26.2 Å². The van der Waals surface area contributed by atoms with Crippen LogP contribution in [0.2, 0.25) is 0 Å². The van der Waals surface area contributed by atoms with Gasteiger partial charge in [0.2, 0.25) is 0 Å². The van der Waals surface area contributed by atoms with E-state index in [1.54, 1.807) is 12.1 Å². The predicted octanol–water partition coefficient (Wildman–Crippen LogP) is 4.21. The summed E-state index contributed by atoms with van der Waals surface area (Å²) >= 11 is 0. The van der Waals surface area contributed by atoms with E-state index in [9.17, 15) is 27.6 Å². The number of halogens is 3. The van der Waals surface area contributed by atoms with E-state index in [0.29, 0.717) is 11.3 Å². The fraction of sp³-hybridized carbons (Fsp3) is 0.208. The minimum atomic E-state index is -4.54. The summed E-state index contributed by atoms with van der Waals surface area (Å²) in [4.78, 5) is 38.5. The van der Waals surface area contributed by atoms with Crippen LogP contribution in [-0.4, -0.2) is 39.2 Å². The van der Waals surface area contributed by atoms with Crippen molar-refractivity contribution in [3.05, 3.63) is 88.8 Å². The van der Waals surface area contributed by atoms with Gasteiger partial charge < -0.3 is 19.1 Å². The Kier molecular flexibility index (Phi) is 7.09. The molecule has 3 rings (SSSR count). The van der Waals surface area contributed by atoms with E-state index in [-0.39, 0.29) is 16.7 Å². The van der Waals surface area contributed by atoms with E-state index in [1.165, 1.54) is 48.7 Å². The zero-order chi connectivity index (χ0) is 25.0. The lowest BCUT2D eigenvalue weighted by atomic mass is 9.83. The maximum atomic E-state index is 13.0. The SMILES string of the molecule is COC(=O)C1=CN(c2ccc(C(=O)OC)cc2)C=C(C(=O)OC)C1c1ccc(C(F)(F)F)cc1. The van der Waals surface area contributed by atoms with Gasteiger partial charge in [0.05, 0.1) is 49.5 Å². The van der Waals surface area contributed by atoms with Gasteiger partial charge in [-0.3, -0.25) is 0 Å². The molecule has 178 valence electrons. The average molecular weight is 475 g/mol. The Labute approximate surface area is 193 Å². The molecule has 0 unspecified atom stereocenters. The number of carbonyl (C=O) groups is 3. The van der Waals surface area contributed by atoms with E-state index in [2.05, 4.69) is 4.74 Å². The molecule has 0 saturated heterocycles. The van der Waals surface area contributed by atoms with Crippen molar-refractivity contribution in [2.45, 2.75) is 12.1 Å². The predicted molar refractivity (Wildman–Crippen MR) is 115 cm³/mol. The van der Waals surface area contributed by atoms with Gasteiger partial charge in [-0.2, -0.15) is 13.2 Å². The second-order valence-corrected chi connectivity index (χ2v) is 7.15. The number of carbonyl (C=O) groups excluding carboxylic acids is 3. The van der Waals surface area contributed by atoms with Crippen LogP contribution in [0.25, 0.3) is 0 Å². The highest BCUT2D eigenvalue weighted by atomic mass is 19.4. The van der Waals surface area contributed by atoms with E-state index in [0.717, 1.165) is 26.4 Å². The average Bonchev–Trinajstić information content (AvgIpc) is 2.86. The molecule has 0 atom stereocenters. The van der Waals surface area contributed by atoms with Crippen molar-refractivity contribution in [2.24, 2.45) is 0 Å². The first-order valence-corrected chi connectivity index (χ1v) is 9.84. The van der Waals surface area contributed by atoms with E-state index in [1.807, 2.05) is 0 Å². The molecule has 0 saturated carbocycles. The molecule has 1 heterocycles. The van der Waals surface area contributed by atoms with Gasteiger partial charge in [-0.05, 0) is 42.0 Å². The van der Waals surface area contributed by atoms with Crippen molar-refractivity contribution < 1.29 is 41.8 Å². The Morgan fingerprint density at radius 1 is 0.735 bits per heavy atom. The molecule has 0 bridgehead atoms. The summed E-state index contributed by atoms with van der Waals surface area (Å²) in [6, 6.07) is 10.3. The van der Waals surface area contributed by atoms with Crippen molar-refractivity contribution in [3.63, 3.8) is 0 Å². The topological polar surface area (TPSA) is 82.1 Å². The van der Waals surface area contributed by atoms with Crippen LogP contribution >= 0.6 is 0 Å². The number of methoxy groups -OCH3 is 3. The van der Waals surface area contributed by atoms with Crippen LogP contribution in [0.4, 0.5) is 18.9 Å². The van der Waals surface area contributed by atoms with Crippen LogP contribution in [-0.2, 0) is 30.0 Å². The van der Waals surface area contributed by atoms with Gasteiger partial charge in [0.1, 0.15) is 0 Å². The van der Waals surface area contributed by atoms with Gasteiger partial charge in [0, 0.05) is 18.1 Å². The first-order valence-electron chi connectivity index (χ1n) is 9.84. The van der Waals surface area contributed by atoms with Gasteiger partial charge in [-0.15, -0.1) is 0 Å².